The first-order valence-electron chi connectivity index (χ1n) is 2.52. The molecule has 5 nitrogen and oxygen atoms in total. The number of aliphatic hydroxyl groups excluding tert-OH is 1. The molecule has 1 heterocycles. The summed E-state index contributed by atoms with van der Waals surface area (Å²) in [7, 11) is 0. The fraction of sp³-hybridized carbons (Fsp3) is 0.500. The number of H-pyrrole nitrogens is 1. The summed E-state index contributed by atoms with van der Waals surface area (Å²) >= 11 is 0. The number of aromatic amines is 1. The molecule has 0 saturated carbocycles. The lowest BCUT2D eigenvalue weighted by molar-refractivity contribution is 0.180. The van der Waals surface area contributed by atoms with Crippen molar-refractivity contribution in [3.8, 4) is 0 Å². The lowest BCUT2D eigenvalue weighted by Crippen LogP contribution is -2.10. The van der Waals surface area contributed by atoms with Crippen molar-refractivity contribution in [2.24, 2.45) is 5.73 Å². The maximum absolute atomic E-state index is 8.75. The molecule has 0 aliphatic carbocycles. The molecule has 1 aromatic rings. The molecule has 5 heteroatoms. The van der Waals surface area contributed by atoms with E-state index in [4.69, 9.17) is 10.8 Å². The second-order valence-electron chi connectivity index (χ2n) is 1.74. The number of nitrogens with two attached hydrogens (primary N) is 1. The van der Waals surface area contributed by atoms with Gasteiger partial charge in [0.25, 0.3) is 0 Å². The topological polar surface area (TPSA) is 87.8 Å². The van der Waals surface area contributed by atoms with Gasteiger partial charge in [-0.3, -0.25) is 0 Å². The van der Waals surface area contributed by atoms with E-state index in [-0.39, 0.29) is 0 Å². The largest absolute Gasteiger partial charge is 0.373 e. The molecule has 0 spiro atoms. The van der Waals surface area contributed by atoms with Gasteiger partial charge in [-0.2, -0.15) is 15.4 Å². The fourth-order valence-corrected chi connectivity index (χ4v) is 0.572. The second kappa shape index (κ2) is 2.12. The number of nitrogens with zero attached hydrogens (tertiary/aromatic N) is 2. The zero-order chi connectivity index (χ0) is 6.85. The van der Waals surface area contributed by atoms with Crippen LogP contribution in [0, 0.1) is 6.92 Å². The molecule has 0 aromatic carbocycles. The van der Waals surface area contributed by atoms with Crippen LogP contribution in [0.1, 0.15) is 17.6 Å². The van der Waals surface area contributed by atoms with Crippen LogP contribution >= 0.6 is 0 Å². The monoisotopic (exact) mass is 128 g/mol. The van der Waals surface area contributed by atoms with Gasteiger partial charge in [0.15, 0.2) is 0 Å². The fourth-order valence-electron chi connectivity index (χ4n) is 0.572. The van der Waals surface area contributed by atoms with Crippen LogP contribution in [-0.4, -0.2) is 20.5 Å². The van der Waals surface area contributed by atoms with Gasteiger partial charge in [0.05, 0.1) is 5.69 Å². The number of hydrogen-bond acceptors (Lipinski definition) is 4. The van der Waals surface area contributed by atoms with Gasteiger partial charge < -0.3 is 10.8 Å². The molecule has 1 rings (SSSR count). The zero-order valence-corrected chi connectivity index (χ0v) is 5.00. The first-order valence-corrected chi connectivity index (χ1v) is 2.52. The molecule has 0 bridgehead atoms. The van der Waals surface area contributed by atoms with E-state index in [1.165, 1.54) is 0 Å². The third-order valence-corrected chi connectivity index (χ3v) is 1.04. The summed E-state index contributed by atoms with van der Waals surface area (Å²) in [5, 5.41) is 18.4. The number of rotatable bonds is 1. The Balaban J connectivity index is 2.94. The van der Waals surface area contributed by atoms with Gasteiger partial charge in [0.1, 0.15) is 11.9 Å². The smallest absolute Gasteiger partial charge is 0.149 e. The van der Waals surface area contributed by atoms with Gasteiger partial charge in [0.2, 0.25) is 0 Å². The second-order valence-corrected chi connectivity index (χ2v) is 1.74. The van der Waals surface area contributed by atoms with Crippen molar-refractivity contribution < 1.29 is 5.11 Å². The SMILES string of the molecule is Cc1n[nH]nc1C(N)O. The van der Waals surface area contributed by atoms with Crippen LogP contribution in [0.5, 0.6) is 0 Å². The normalized spacial score (nSPS) is 13.7. The zero-order valence-electron chi connectivity index (χ0n) is 5.00. The maximum Gasteiger partial charge on any atom is 0.149 e. The van der Waals surface area contributed by atoms with Crippen LogP contribution < -0.4 is 5.73 Å². The van der Waals surface area contributed by atoms with Gasteiger partial charge in [-0.15, -0.1) is 0 Å². The summed E-state index contributed by atoms with van der Waals surface area (Å²) in [6.45, 7) is 1.72. The summed E-state index contributed by atoms with van der Waals surface area (Å²) in [5.41, 5.74) is 6.12. The summed E-state index contributed by atoms with van der Waals surface area (Å²) in [6.07, 6.45) is -1.02. The molecular formula is C4H8N4O. The van der Waals surface area contributed by atoms with Crippen LogP contribution in [0.15, 0.2) is 0 Å². The standard InChI is InChI=1S/C4H8N4O/c1-2-3(4(5)9)7-8-6-2/h4,9H,5H2,1H3,(H,6,7,8). The summed E-state index contributed by atoms with van der Waals surface area (Å²) in [4.78, 5) is 0. The Bertz CT molecular complexity index is 194. The van der Waals surface area contributed by atoms with Crippen molar-refractivity contribution in [1.29, 1.82) is 0 Å². The van der Waals surface area contributed by atoms with E-state index >= 15 is 0 Å². The van der Waals surface area contributed by atoms with Gasteiger partial charge in [-0.25, -0.2) is 0 Å². The summed E-state index contributed by atoms with van der Waals surface area (Å²) < 4.78 is 0. The van der Waals surface area contributed by atoms with Gasteiger partial charge in [0, 0.05) is 0 Å². The van der Waals surface area contributed by atoms with Crippen molar-refractivity contribution in [2.45, 2.75) is 13.2 Å². The minimum absolute atomic E-state index is 0.398. The van der Waals surface area contributed by atoms with E-state index in [1.807, 2.05) is 0 Å². The molecule has 50 valence electrons. The predicted molar refractivity (Wildman–Crippen MR) is 30.3 cm³/mol. The first-order chi connectivity index (χ1) is 4.22. The average Bonchev–Trinajstić information content (AvgIpc) is 2.13. The molecule has 0 saturated heterocycles. The molecule has 0 aliphatic rings. The van der Waals surface area contributed by atoms with E-state index in [0.717, 1.165) is 0 Å². The van der Waals surface area contributed by atoms with Crippen molar-refractivity contribution in [2.75, 3.05) is 0 Å². The molecule has 1 aromatic heterocycles. The highest BCUT2D eigenvalue weighted by atomic mass is 16.3. The lowest BCUT2D eigenvalue weighted by atomic mass is 10.3. The van der Waals surface area contributed by atoms with E-state index < -0.39 is 6.23 Å². The molecule has 9 heavy (non-hydrogen) atoms. The third kappa shape index (κ3) is 1.06. The Labute approximate surface area is 51.9 Å². The van der Waals surface area contributed by atoms with Gasteiger partial charge in [-0.1, -0.05) is 0 Å². The summed E-state index contributed by atoms with van der Waals surface area (Å²) in [6, 6.07) is 0. The third-order valence-electron chi connectivity index (χ3n) is 1.04. The van der Waals surface area contributed by atoms with Crippen LogP contribution in [0.3, 0.4) is 0 Å². The number of aromatic nitrogens is 3. The Morgan fingerprint density at radius 3 is 2.56 bits per heavy atom. The van der Waals surface area contributed by atoms with Crippen molar-refractivity contribution in [1.82, 2.24) is 15.4 Å². The van der Waals surface area contributed by atoms with Crippen LogP contribution in [0.25, 0.3) is 0 Å². The highest BCUT2D eigenvalue weighted by Crippen LogP contribution is 2.04. The molecule has 0 amide bonds. The molecule has 4 N–H and O–H groups in total. The Morgan fingerprint density at radius 2 is 2.33 bits per heavy atom. The first kappa shape index (κ1) is 6.18. The van der Waals surface area contributed by atoms with E-state index in [2.05, 4.69) is 15.4 Å². The molecular weight excluding hydrogens is 120 g/mol. The Kier molecular flexibility index (Phi) is 1.46. The van der Waals surface area contributed by atoms with Gasteiger partial charge >= 0.3 is 0 Å². The molecule has 0 radical (unpaired) electrons. The summed E-state index contributed by atoms with van der Waals surface area (Å²) in [5.74, 6) is 0. The predicted octanol–water partition coefficient (Wildman–Crippen LogP) is -0.937. The van der Waals surface area contributed by atoms with Gasteiger partial charge in [-0.05, 0) is 6.92 Å². The molecule has 0 fully saturated rings. The van der Waals surface area contributed by atoms with Crippen molar-refractivity contribution >= 4 is 0 Å². The van der Waals surface area contributed by atoms with E-state index in [1.54, 1.807) is 6.92 Å². The van der Waals surface area contributed by atoms with Crippen LogP contribution in [-0.2, 0) is 0 Å². The number of aryl methyl sites for hydroxylation is 1. The highest BCUT2D eigenvalue weighted by molar-refractivity contribution is 5.07. The molecule has 0 aliphatic heterocycles. The Morgan fingerprint density at radius 1 is 1.67 bits per heavy atom. The van der Waals surface area contributed by atoms with Crippen LogP contribution in [0.2, 0.25) is 0 Å². The highest BCUT2D eigenvalue weighted by Gasteiger charge is 2.07. The average molecular weight is 128 g/mol. The lowest BCUT2D eigenvalue weighted by Gasteiger charge is -1.96. The maximum atomic E-state index is 8.75. The minimum atomic E-state index is -1.02. The number of hydrogen-bond donors (Lipinski definition) is 3. The van der Waals surface area contributed by atoms with E-state index in [9.17, 15) is 0 Å². The van der Waals surface area contributed by atoms with E-state index in [0.29, 0.717) is 11.4 Å². The molecule has 1 unspecified atom stereocenters. The van der Waals surface area contributed by atoms with Crippen molar-refractivity contribution in [3.63, 3.8) is 0 Å². The number of nitrogens with one attached hydrogen (secondary N) is 1. The minimum Gasteiger partial charge on any atom is -0.373 e. The number of aliphatic hydroxyl groups is 1. The molecule has 1 atom stereocenters. The quantitative estimate of drug-likeness (QED) is 0.426. The Hall–Kier alpha value is -0.940. The van der Waals surface area contributed by atoms with Crippen molar-refractivity contribution in [3.05, 3.63) is 11.4 Å². The van der Waals surface area contributed by atoms with Crippen LogP contribution in [0.4, 0.5) is 0 Å².